The van der Waals surface area contributed by atoms with Crippen LogP contribution in [-0.2, 0) is 6.61 Å². The second-order valence-corrected chi connectivity index (χ2v) is 7.03. The van der Waals surface area contributed by atoms with E-state index in [2.05, 4.69) is 26.5 Å². The number of hydrogen-bond acceptors (Lipinski definition) is 6. The highest BCUT2D eigenvalue weighted by Gasteiger charge is 2.12. The molecular weight excluding hydrogens is 454 g/mol. The van der Waals surface area contributed by atoms with Gasteiger partial charge in [0.05, 0.1) is 16.7 Å². The number of hydrazone groups is 1. The maximum absolute atomic E-state index is 12.5. The summed E-state index contributed by atoms with van der Waals surface area (Å²) in [5.41, 5.74) is 3.43. The van der Waals surface area contributed by atoms with E-state index in [4.69, 9.17) is 4.74 Å². The van der Waals surface area contributed by atoms with Crippen molar-refractivity contribution in [3.63, 3.8) is 0 Å². The number of non-ortho nitro benzene ring substituents is 1. The van der Waals surface area contributed by atoms with Crippen molar-refractivity contribution in [1.82, 2.24) is 5.43 Å². The van der Waals surface area contributed by atoms with Crippen LogP contribution < -0.4 is 10.2 Å². The molecule has 0 aliphatic heterocycles. The average molecular weight is 470 g/mol. The zero-order valence-corrected chi connectivity index (χ0v) is 17.1. The van der Waals surface area contributed by atoms with Crippen molar-refractivity contribution < 1.29 is 19.6 Å². The Hall–Kier alpha value is -3.72. The van der Waals surface area contributed by atoms with Crippen molar-refractivity contribution in [1.29, 1.82) is 0 Å². The van der Waals surface area contributed by atoms with Crippen molar-refractivity contribution in [2.24, 2.45) is 5.10 Å². The smallest absolute Gasteiger partial charge is 0.275 e. The molecule has 3 rings (SSSR count). The van der Waals surface area contributed by atoms with E-state index in [1.165, 1.54) is 12.1 Å². The van der Waals surface area contributed by atoms with Crippen LogP contribution in [0, 0.1) is 10.1 Å². The second-order valence-electron chi connectivity index (χ2n) is 6.11. The largest absolute Gasteiger partial charge is 0.507 e. The zero-order valence-electron chi connectivity index (χ0n) is 15.5. The molecule has 0 bridgehead atoms. The molecule has 0 spiro atoms. The van der Waals surface area contributed by atoms with Gasteiger partial charge in [-0.25, -0.2) is 5.43 Å². The number of nitrogens with zero attached hydrogens (tertiary/aromatic N) is 2. The van der Waals surface area contributed by atoms with E-state index < -0.39 is 10.8 Å². The van der Waals surface area contributed by atoms with Crippen molar-refractivity contribution in [3.8, 4) is 11.5 Å². The number of nitro benzene ring substituents is 1. The molecule has 3 aromatic carbocycles. The quantitative estimate of drug-likeness (QED) is 0.302. The van der Waals surface area contributed by atoms with Gasteiger partial charge in [0.15, 0.2) is 0 Å². The number of hydrogen-bond donors (Lipinski definition) is 2. The van der Waals surface area contributed by atoms with E-state index in [-0.39, 0.29) is 29.2 Å². The molecule has 8 nitrogen and oxygen atoms in total. The van der Waals surface area contributed by atoms with Gasteiger partial charge in [0.1, 0.15) is 18.1 Å². The van der Waals surface area contributed by atoms with Gasteiger partial charge < -0.3 is 9.84 Å². The lowest BCUT2D eigenvalue weighted by atomic mass is 10.2. The van der Waals surface area contributed by atoms with E-state index in [1.54, 1.807) is 24.3 Å². The first-order chi connectivity index (χ1) is 14.4. The van der Waals surface area contributed by atoms with Crippen molar-refractivity contribution in [2.45, 2.75) is 6.61 Å². The topological polar surface area (TPSA) is 114 Å². The van der Waals surface area contributed by atoms with Gasteiger partial charge in [0, 0.05) is 22.2 Å². The Balaban J connectivity index is 1.69. The molecule has 0 saturated heterocycles. The summed E-state index contributed by atoms with van der Waals surface area (Å²) in [5.74, 6) is -0.347. The number of amides is 1. The first kappa shape index (κ1) is 21.0. The second kappa shape index (κ2) is 9.66. The van der Waals surface area contributed by atoms with E-state index in [9.17, 15) is 20.0 Å². The van der Waals surface area contributed by atoms with Crippen molar-refractivity contribution >= 4 is 33.7 Å². The lowest BCUT2D eigenvalue weighted by Gasteiger charge is -2.10. The van der Waals surface area contributed by atoms with Crippen LogP contribution >= 0.6 is 15.9 Å². The summed E-state index contributed by atoms with van der Waals surface area (Å²) in [7, 11) is 0. The molecule has 0 aliphatic carbocycles. The van der Waals surface area contributed by atoms with Crippen LogP contribution in [0.5, 0.6) is 11.5 Å². The number of rotatable bonds is 7. The molecule has 3 aromatic rings. The molecule has 0 fully saturated rings. The predicted molar refractivity (Wildman–Crippen MR) is 115 cm³/mol. The summed E-state index contributed by atoms with van der Waals surface area (Å²) in [6.45, 7) is 0.272. The van der Waals surface area contributed by atoms with Gasteiger partial charge in [-0.15, -0.1) is 0 Å². The van der Waals surface area contributed by atoms with Crippen LogP contribution in [0.3, 0.4) is 0 Å². The van der Waals surface area contributed by atoms with Crippen LogP contribution in [0.15, 0.2) is 76.3 Å². The number of benzene rings is 3. The first-order valence-corrected chi connectivity index (χ1v) is 9.50. The van der Waals surface area contributed by atoms with Gasteiger partial charge in [-0.3, -0.25) is 14.9 Å². The molecule has 0 aromatic heterocycles. The Labute approximate surface area is 180 Å². The monoisotopic (exact) mass is 469 g/mol. The number of ether oxygens (including phenoxy) is 1. The first-order valence-electron chi connectivity index (χ1n) is 8.71. The Morgan fingerprint density at radius 2 is 1.97 bits per heavy atom. The number of aromatic hydroxyl groups is 1. The van der Waals surface area contributed by atoms with Crippen molar-refractivity contribution in [3.05, 3.63) is 98.0 Å². The predicted octanol–water partition coefficient (Wildman–Crippen LogP) is 4.41. The minimum Gasteiger partial charge on any atom is -0.507 e. The number of nitrogens with one attached hydrogen (secondary N) is 1. The molecule has 0 saturated carbocycles. The lowest BCUT2D eigenvalue weighted by molar-refractivity contribution is -0.384. The van der Waals surface area contributed by atoms with Gasteiger partial charge in [0.25, 0.3) is 11.6 Å². The summed E-state index contributed by atoms with van der Waals surface area (Å²) in [4.78, 5) is 22.8. The molecule has 0 atom stereocenters. The molecular formula is C21H16BrN3O5. The number of phenols is 1. The third kappa shape index (κ3) is 5.42. The van der Waals surface area contributed by atoms with Crippen LogP contribution in [-0.4, -0.2) is 22.2 Å². The lowest BCUT2D eigenvalue weighted by Crippen LogP contribution is -2.18. The molecule has 30 heavy (non-hydrogen) atoms. The molecule has 152 valence electrons. The van der Waals surface area contributed by atoms with Gasteiger partial charge >= 0.3 is 0 Å². The van der Waals surface area contributed by atoms with Gasteiger partial charge in [-0.05, 0) is 35.9 Å². The third-order valence-electron chi connectivity index (χ3n) is 4.01. The highest BCUT2D eigenvalue weighted by Crippen LogP contribution is 2.22. The average Bonchev–Trinajstić information content (AvgIpc) is 2.73. The number of carbonyl (C=O) groups is 1. The molecule has 1 amide bonds. The summed E-state index contributed by atoms with van der Waals surface area (Å²) in [6, 6.07) is 17.8. The third-order valence-corrected chi connectivity index (χ3v) is 4.50. The minimum atomic E-state index is -0.589. The summed E-state index contributed by atoms with van der Waals surface area (Å²) in [5, 5.41) is 24.4. The number of halogens is 1. The molecule has 0 heterocycles. The maximum Gasteiger partial charge on any atom is 0.275 e. The summed E-state index contributed by atoms with van der Waals surface area (Å²) >= 11 is 3.40. The maximum atomic E-state index is 12.5. The summed E-state index contributed by atoms with van der Waals surface area (Å²) < 4.78 is 6.70. The normalized spacial score (nSPS) is 10.7. The van der Waals surface area contributed by atoms with E-state index in [1.807, 2.05) is 24.3 Å². The Bertz CT molecular complexity index is 1120. The Morgan fingerprint density at radius 1 is 1.17 bits per heavy atom. The molecule has 9 heteroatoms. The number of phenolic OH excluding ortho intramolecular Hbond substituents is 1. The van der Waals surface area contributed by atoms with Crippen LogP contribution in [0.4, 0.5) is 5.69 Å². The highest BCUT2D eigenvalue weighted by atomic mass is 79.9. The Kier molecular flexibility index (Phi) is 6.76. The van der Waals surface area contributed by atoms with Gasteiger partial charge in [-0.1, -0.05) is 40.2 Å². The van der Waals surface area contributed by atoms with E-state index >= 15 is 0 Å². The number of carbonyl (C=O) groups excluding carboxylic acids is 1. The number of para-hydroxylation sites is 1. The molecule has 2 N–H and O–H groups in total. The molecule has 0 unspecified atom stereocenters. The zero-order chi connectivity index (χ0) is 21.5. The fraction of sp³-hybridized carbons (Fsp3) is 0.0476. The van der Waals surface area contributed by atoms with E-state index in [0.29, 0.717) is 5.75 Å². The van der Waals surface area contributed by atoms with Crippen LogP contribution in [0.2, 0.25) is 0 Å². The fourth-order valence-corrected chi connectivity index (χ4v) is 2.99. The van der Waals surface area contributed by atoms with Gasteiger partial charge in [-0.2, -0.15) is 5.10 Å². The standard InChI is InChI=1S/C21H16BrN3O5/c22-16-5-3-4-14(10-16)13-30-20-7-2-1-6-18(20)21(27)24-23-12-15-11-17(25(28)29)8-9-19(15)26/h1-12,26H,13H2,(H,24,27)/b23-12-. The minimum absolute atomic E-state index is 0.101. The molecule has 0 aliphatic rings. The Morgan fingerprint density at radius 3 is 2.73 bits per heavy atom. The van der Waals surface area contributed by atoms with Gasteiger partial charge in [0.2, 0.25) is 0 Å². The number of nitro groups is 1. The molecule has 0 radical (unpaired) electrons. The van der Waals surface area contributed by atoms with E-state index in [0.717, 1.165) is 22.3 Å². The fourth-order valence-electron chi connectivity index (χ4n) is 2.55. The highest BCUT2D eigenvalue weighted by molar-refractivity contribution is 9.10. The SMILES string of the molecule is O=C(N/N=C\c1cc([N+](=O)[O-])ccc1O)c1ccccc1OCc1cccc(Br)c1. The van der Waals surface area contributed by atoms with Crippen LogP contribution in [0.1, 0.15) is 21.5 Å². The summed E-state index contributed by atoms with van der Waals surface area (Å²) in [6.07, 6.45) is 1.13. The van der Waals surface area contributed by atoms with Crippen LogP contribution in [0.25, 0.3) is 0 Å². The van der Waals surface area contributed by atoms with Crippen molar-refractivity contribution in [2.75, 3.05) is 0 Å².